The molecule has 1 atom stereocenters. The third-order valence-corrected chi connectivity index (χ3v) is 5.80. The van der Waals surface area contributed by atoms with E-state index in [2.05, 4.69) is 9.89 Å². The Labute approximate surface area is 150 Å². The summed E-state index contributed by atoms with van der Waals surface area (Å²) in [6.07, 6.45) is 1.56. The Morgan fingerprint density at radius 2 is 2.08 bits per heavy atom. The number of thioether (sulfide) groups is 1. The van der Waals surface area contributed by atoms with Gasteiger partial charge >= 0.3 is 5.97 Å². The topological polar surface area (TPSA) is 73.2 Å². The number of rotatable bonds is 3. The lowest BCUT2D eigenvalue weighted by atomic mass is 9.93. The van der Waals surface area contributed by atoms with Crippen LogP contribution in [0.5, 0.6) is 0 Å². The van der Waals surface area contributed by atoms with Gasteiger partial charge in [0.05, 0.1) is 6.42 Å². The van der Waals surface area contributed by atoms with E-state index in [1.807, 2.05) is 29.7 Å². The van der Waals surface area contributed by atoms with Crippen LogP contribution in [0.25, 0.3) is 0 Å². The number of carbonyl (C=O) groups is 2. The Balaban J connectivity index is 1.53. The van der Waals surface area contributed by atoms with Crippen molar-refractivity contribution in [1.29, 1.82) is 0 Å². The summed E-state index contributed by atoms with van der Waals surface area (Å²) in [5.74, 6) is -1.08. The number of carboxylic acid groups (broad SMARTS) is 1. The van der Waals surface area contributed by atoms with Gasteiger partial charge in [0.2, 0.25) is 5.91 Å². The SMILES string of the molecule is O=C(O)[C@@H]1Cc2ccccc2CN1C(=O)CC1=CSC2=NCCCN12. The first-order valence-electron chi connectivity index (χ1n) is 8.40. The lowest BCUT2D eigenvalue weighted by Gasteiger charge is -2.35. The van der Waals surface area contributed by atoms with Gasteiger partial charge in [0.25, 0.3) is 0 Å². The first-order valence-corrected chi connectivity index (χ1v) is 9.28. The molecular weight excluding hydrogens is 338 g/mol. The Bertz CT molecular complexity index is 790. The van der Waals surface area contributed by atoms with Crippen molar-refractivity contribution in [2.24, 2.45) is 4.99 Å². The molecule has 0 aromatic heterocycles. The molecule has 6 nitrogen and oxygen atoms in total. The summed E-state index contributed by atoms with van der Waals surface area (Å²) in [6.45, 7) is 2.06. The van der Waals surface area contributed by atoms with Gasteiger partial charge in [-0.3, -0.25) is 9.79 Å². The summed E-state index contributed by atoms with van der Waals surface area (Å²) >= 11 is 1.55. The highest BCUT2D eigenvalue weighted by Gasteiger charge is 2.36. The van der Waals surface area contributed by atoms with Crippen LogP contribution in [0.3, 0.4) is 0 Å². The molecule has 0 unspecified atom stereocenters. The summed E-state index contributed by atoms with van der Waals surface area (Å²) in [6, 6.07) is 6.95. The standard InChI is InChI=1S/C18H19N3O3S/c22-16(9-14-11-25-18-19-6-3-7-20(14)18)21-10-13-5-2-1-4-12(13)8-15(21)17(23)24/h1-2,4-5,11,15H,3,6-10H2,(H,23,24)/t15-/m0/s1. The maximum Gasteiger partial charge on any atom is 0.326 e. The van der Waals surface area contributed by atoms with Gasteiger partial charge in [0.15, 0.2) is 5.17 Å². The molecule has 0 spiro atoms. The van der Waals surface area contributed by atoms with Gasteiger partial charge in [-0.2, -0.15) is 0 Å². The van der Waals surface area contributed by atoms with Crippen molar-refractivity contribution in [2.45, 2.75) is 31.8 Å². The second-order valence-electron chi connectivity index (χ2n) is 6.42. The Morgan fingerprint density at radius 3 is 2.88 bits per heavy atom. The average Bonchev–Trinajstić information content (AvgIpc) is 3.03. The molecule has 130 valence electrons. The minimum Gasteiger partial charge on any atom is -0.480 e. The molecule has 0 radical (unpaired) electrons. The van der Waals surface area contributed by atoms with E-state index in [1.54, 1.807) is 11.8 Å². The van der Waals surface area contributed by atoms with E-state index >= 15 is 0 Å². The third kappa shape index (κ3) is 3.04. The van der Waals surface area contributed by atoms with Gasteiger partial charge in [-0.1, -0.05) is 36.0 Å². The van der Waals surface area contributed by atoms with E-state index < -0.39 is 12.0 Å². The second kappa shape index (κ2) is 6.55. The monoisotopic (exact) mass is 357 g/mol. The first-order chi connectivity index (χ1) is 12.1. The molecule has 3 aliphatic heterocycles. The lowest BCUT2D eigenvalue weighted by Crippen LogP contribution is -2.49. The number of nitrogens with zero attached hydrogens (tertiary/aromatic N) is 3. The molecule has 1 N–H and O–H groups in total. The summed E-state index contributed by atoms with van der Waals surface area (Å²) < 4.78 is 0. The number of hydrogen-bond acceptors (Lipinski definition) is 5. The summed E-state index contributed by atoms with van der Waals surface area (Å²) in [5.41, 5.74) is 2.97. The number of aliphatic carboxylic acids is 1. The van der Waals surface area contributed by atoms with Crippen LogP contribution in [0.4, 0.5) is 0 Å². The number of carbonyl (C=O) groups excluding carboxylic acids is 1. The Hall–Kier alpha value is -2.28. The van der Waals surface area contributed by atoms with Gasteiger partial charge in [-0.25, -0.2) is 4.79 Å². The number of hydrogen-bond donors (Lipinski definition) is 1. The predicted molar refractivity (Wildman–Crippen MR) is 96.0 cm³/mol. The van der Waals surface area contributed by atoms with E-state index in [4.69, 9.17) is 0 Å². The highest BCUT2D eigenvalue weighted by molar-refractivity contribution is 8.16. The van der Waals surface area contributed by atoms with Crippen molar-refractivity contribution in [3.8, 4) is 0 Å². The van der Waals surface area contributed by atoms with Crippen LogP contribution >= 0.6 is 11.8 Å². The molecule has 0 saturated heterocycles. The first kappa shape index (κ1) is 16.2. The van der Waals surface area contributed by atoms with Gasteiger partial charge in [-0.15, -0.1) is 0 Å². The van der Waals surface area contributed by atoms with Crippen molar-refractivity contribution in [3.05, 3.63) is 46.5 Å². The van der Waals surface area contributed by atoms with Crippen molar-refractivity contribution < 1.29 is 14.7 Å². The molecular formula is C18H19N3O3S. The molecule has 0 saturated carbocycles. The van der Waals surface area contributed by atoms with Gasteiger partial charge in [0, 0.05) is 31.8 Å². The zero-order valence-corrected chi connectivity index (χ0v) is 14.5. The zero-order valence-electron chi connectivity index (χ0n) is 13.7. The molecule has 0 fully saturated rings. The molecule has 1 aromatic carbocycles. The molecule has 3 aliphatic rings. The fraction of sp³-hybridized carbons (Fsp3) is 0.389. The quantitative estimate of drug-likeness (QED) is 0.896. The average molecular weight is 357 g/mol. The van der Waals surface area contributed by atoms with Crippen LogP contribution in [0, 0.1) is 0 Å². The van der Waals surface area contributed by atoms with E-state index in [-0.39, 0.29) is 12.3 Å². The fourth-order valence-electron chi connectivity index (χ4n) is 3.54. The van der Waals surface area contributed by atoms with E-state index in [0.717, 1.165) is 41.5 Å². The molecule has 1 amide bonds. The van der Waals surface area contributed by atoms with Crippen LogP contribution < -0.4 is 0 Å². The van der Waals surface area contributed by atoms with Crippen LogP contribution in [0.1, 0.15) is 24.0 Å². The molecule has 0 aliphatic carbocycles. The van der Waals surface area contributed by atoms with Crippen LogP contribution in [-0.4, -0.2) is 51.1 Å². The smallest absolute Gasteiger partial charge is 0.326 e. The number of benzene rings is 1. The van der Waals surface area contributed by atoms with Gasteiger partial charge in [0.1, 0.15) is 6.04 Å². The second-order valence-corrected chi connectivity index (χ2v) is 7.26. The molecule has 0 bridgehead atoms. The number of carboxylic acids is 1. The van der Waals surface area contributed by atoms with Crippen molar-refractivity contribution >= 4 is 28.8 Å². The maximum absolute atomic E-state index is 12.9. The predicted octanol–water partition coefficient (Wildman–Crippen LogP) is 2.06. The van der Waals surface area contributed by atoms with E-state index in [1.165, 1.54) is 4.90 Å². The number of amides is 1. The zero-order chi connectivity index (χ0) is 17.4. The van der Waals surface area contributed by atoms with Gasteiger partial charge < -0.3 is 14.9 Å². The Morgan fingerprint density at radius 1 is 1.28 bits per heavy atom. The summed E-state index contributed by atoms with van der Waals surface area (Å²) in [7, 11) is 0. The minimum absolute atomic E-state index is 0.138. The van der Waals surface area contributed by atoms with Crippen LogP contribution in [0.15, 0.2) is 40.4 Å². The number of aliphatic imine (C=N–C) groups is 1. The minimum atomic E-state index is -0.946. The lowest BCUT2D eigenvalue weighted by molar-refractivity contribution is -0.151. The highest BCUT2D eigenvalue weighted by atomic mass is 32.2. The van der Waals surface area contributed by atoms with Crippen molar-refractivity contribution in [2.75, 3.05) is 13.1 Å². The number of amidine groups is 1. The maximum atomic E-state index is 12.9. The summed E-state index contributed by atoms with van der Waals surface area (Å²) in [4.78, 5) is 32.7. The molecule has 7 heteroatoms. The van der Waals surface area contributed by atoms with Crippen LogP contribution in [0.2, 0.25) is 0 Å². The fourth-order valence-corrected chi connectivity index (χ4v) is 4.49. The van der Waals surface area contributed by atoms with E-state index in [9.17, 15) is 14.7 Å². The normalized spacial score (nSPS) is 22.0. The van der Waals surface area contributed by atoms with Crippen LogP contribution in [-0.2, 0) is 22.6 Å². The molecule has 4 rings (SSSR count). The Kier molecular flexibility index (Phi) is 4.25. The highest BCUT2D eigenvalue weighted by Crippen LogP contribution is 2.32. The van der Waals surface area contributed by atoms with Crippen molar-refractivity contribution in [3.63, 3.8) is 0 Å². The molecule has 3 heterocycles. The van der Waals surface area contributed by atoms with Crippen molar-refractivity contribution in [1.82, 2.24) is 9.80 Å². The summed E-state index contributed by atoms with van der Waals surface area (Å²) in [5, 5.41) is 12.5. The molecule has 1 aromatic rings. The largest absolute Gasteiger partial charge is 0.480 e. The van der Waals surface area contributed by atoms with Gasteiger partial charge in [-0.05, 0) is 23.0 Å². The number of fused-ring (bicyclic) bond motifs is 2. The van der Waals surface area contributed by atoms with E-state index in [0.29, 0.717) is 13.0 Å². The molecule has 25 heavy (non-hydrogen) atoms. The third-order valence-electron chi connectivity index (χ3n) is 4.85.